The minimum atomic E-state index is -1.06. The first-order valence-electron chi connectivity index (χ1n) is 14.6. The van der Waals surface area contributed by atoms with Crippen LogP contribution < -0.4 is 25.2 Å². The van der Waals surface area contributed by atoms with Crippen molar-refractivity contribution in [3.05, 3.63) is 65.7 Å². The van der Waals surface area contributed by atoms with Crippen LogP contribution in [-0.2, 0) is 25.7 Å². The van der Waals surface area contributed by atoms with Crippen molar-refractivity contribution in [3.63, 3.8) is 0 Å². The average Bonchev–Trinajstić information content (AvgIpc) is 3.12. The van der Waals surface area contributed by atoms with E-state index in [1.807, 2.05) is 36.4 Å². The molecule has 1 fully saturated rings. The molecular weight excluding hydrogens is 582 g/mol. The topological polar surface area (TPSA) is 124 Å². The van der Waals surface area contributed by atoms with E-state index in [1.165, 1.54) is 0 Å². The summed E-state index contributed by atoms with van der Waals surface area (Å²) in [7, 11) is 3.26. The molecule has 0 spiro atoms. The molecule has 2 heterocycles. The van der Waals surface area contributed by atoms with E-state index in [1.54, 1.807) is 56.0 Å². The van der Waals surface area contributed by atoms with E-state index in [2.05, 4.69) is 16.7 Å². The third-order valence-electron chi connectivity index (χ3n) is 8.54. The summed E-state index contributed by atoms with van der Waals surface area (Å²) in [5.41, 5.74) is 2.07. The molecule has 0 aliphatic carbocycles. The lowest BCUT2D eigenvalue weighted by atomic mass is 9.96. The number of nitrogens with one attached hydrogen (secondary N) is 2. The fraction of sp³-hybridized carbons (Fsp3) is 0.394. The van der Waals surface area contributed by atoms with Crippen LogP contribution in [0.15, 0.2) is 54.6 Å². The standard InChI is InChI=1S/C33H37N5O5.ClH/c1-20(35-3)31(39)36-30-21(2)38(32(40)24-13-15-43-16-14-24)28-17-22(18-34)9-11-27(28)37(33(30)41)19-26-25-8-6-5-7-23(25)10-12-29(26)42-4;/h5-12,17,20-21,24,30,35H,13-16,19H2,1-4H3,(H,36,39);1H/t20-,21-,30-;/m0./s1. The second-order valence-electron chi connectivity index (χ2n) is 11.0. The summed E-state index contributed by atoms with van der Waals surface area (Å²) in [6.07, 6.45) is 1.10. The molecule has 10 nitrogen and oxygen atoms in total. The number of halogens is 1. The first-order valence-corrected chi connectivity index (χ1v) is 14.6. The van der Waals surface area contributed by atoms with Crippen molar-refractivity contribution in [3.8, 4) is 11.8 Å². The highest BCUT2D eigenvalue weighted by Gasteiger charge is 2.44. The van der Waals surface area contributed by atoms with Crippen molar-refractivity contribution in [2.24, 2.45) is 5.92 Å². The SMILES string of the molecule is CN[C@@H](C)C(=O)N[C@@H]1C(=O)N(Cc2c(OC)ccc3ccccc23)c2ccc(C#N)cc2N(C(=O)C2CCOCC2)[C@H]1C.Cl. The van der Waals surface area contributed by atoms with Crippen molar-refractivity contribution in [2.45, 2.75) is 51.4 Å². The lowest BCUT2D eigenvalue weighted by Gasteiger charge is -2.35. The van der Waals surface area contributed by atoms with Crippen LogP contribution in [0.25, 0.3) is 10.8 Å². The smallest absolute Gasteiger partial charge is 0.252 e. The summed E-state index contributed by atoms with van der Waals surface area (Å²) < 4.78 is 11.3. The largest absolute Gasteiger partial charge is 0.496 e. The number of carbonyl (C=O) groups is 3. The normalized spacial score (nSPS) is 19.3. The Balaban J connectivity index is 0.00000442. The van der Waals surface area contributed by atoms with Gasteiger partial charge in [-0.25, -0.2) is 0 Å². The van der Waals surface area contributed by atoms with E-state index >= 15 is 0 Å². The van der Waals surface area contributed by atoms with Gasteiger partial charge in [-0.1, -0.05) is 30.3 Å². The molecule has 1 saturated heterocycles. The second-order valence-corrected chi connectivity index (χ2v) is 11.0. The number of nitriles is 1. The summed E-state index contributed by atoms with van der Waals surface area (Å²) in [5, 5.41) is 17.6. The number of anilines is 2. The Morgan fingerprint density at radius 2 is 1.84 bits per heavy atom. The molecule has 0 bridgehead atoms. The lowest BCUT2D eigenvalue weighted by Crippen LogP contribution is -2.60. The van der Waals surface area contributed by atoms with Crippen molar-refractivity contribution >= 4 is 52.3 Å². The van der Waals surface area contributed by atoms with Gasteiger partial charge in [-0.2, -0.15) is 5.26 Å². The maximum absolute atomic E-state index is 14.6. The van der Waals surface area contributed by atoms with Crippen LogP contribution in [0.5, 0.6) is 5.75 Å². The van der Waals surface area contributed by atoms with Crippen LogP contribution in [0.4, 0.5) is 11.4 Å². The van der Waals surface area contributed by atoms with Gasteiger partial charge in [0, 0.05) is 24.7 Å². The van der Waals surface area contributed by atoms with Gasteiger partial charge < -0.3 is 29.9 Å². The van der Waals surface area contributed by atoms with Crippen LogP contribution in [-0.4, -0.2) is 63.2 Å². The molecule has 0 unspecified atom stereocenters. The van der Waals surface area contributed by atoms with Gasteiger partial charge in [-0.3, -0.25) is 14.4 Å². The van der Waals surface area contributed by atoms with E-state index in [0.717, 1.165) is 16.3 Å². The number of ether oxygens (including phenoxy) is 2. The number of methoxy groups -OCH3 is 1. The van der Waals surface area contributed by atoms with Crippen molar-refractivity contribution < 1.29 is 23.9 Å². The van der Waals surface area contributed by atoms with E-state index in [4.69, 9.17) is 9.47 Å². The Hall–Kier alpha value is -4.17. The molecule has 3 amide bonds. The van der Waals surface area contributed by atoms with Gasteiger partial charge >= 0.3 is 0 Å². The fourth-order valence-corrected chi connectivity index (χ4v) is 5.92. The van der Waals surface area contributed by atoms with Crippen LogP contribution >= 0.6 is 12.4 Å². The molecule has 0 saturated carbocycles. The maximum atomic E-state index is 14.6. The Morgan fingerprint density at radius 3 is 2.52 bits per heavy atom. The molecule has 3 aromatic rings. The predicted octanol–water partition coefficient (Wildman–Crippen LogP) is 3.93. The molecule has 232 valence electrons. The Labute approximate surface area is 263 Å². The highest BCUT2D eigenvalue weighted by Crippen LogP contribution is 2.40. The van der Waals surface area contributed by atoms with Gasteiger partial charge in [0.2, 0.25) is 11.8 Å². The van der Waals surface area contributed by atoms with Crippen LogP contribution in [0, 0.1) is 17.2 Å². The van der Waals surface area contributed by atoms with Gasteiger partial charge in [-0.05, 0) is 68.8 Å². The highest BCUT2D eigenvalue weighted by atomic mass is 35.5. The quantitative estimate of drug-likeness (QED) is 0.411. The highest BCUT2D eigenvalue weighted by molar-refractivity contribution is 6.09. The first kappa shape index (κ1) is 32.7. The zero-order valence-corrected chi connectivity index (χ0v) is 26.1. The molecule has 3 aromatic carbocycles. The molecule has 3 atom stereocenters. The molecule has 44 heavy (non-hydrogen) atoms. The molecule has 11 heteroatoms. The molecule has 2 aliphatic heterocycles. The number of hydrogen-bond donors (Lipinski definition) is 2. The van der Waals surface area contributed by atoms with Gasteiger partial charge in [-0.15, -0.1) is 12.4 Å². The Morgan fingerprint density at radius 1 is 1.11 bits per heavy atom. The second kappa shape index (κ2) is 14.1. The summed E-state index contributed by atoms with van der Waals surface area (Å²) in [6, 6.07) is 16.5. The minimum absolute atomic E-state index is 0. The number of likely N-dealkylation sites (N-methyl/N-ethyl adjacent to an activating group) is 1. The van der Waals surface area contributed by atoms with Gasteiger partial charge in [0.1, 0.15) is 11.8 Å². The van der Waals surface area contributed by atoms with Crippen molar-refractivity contribution in [1.82, 2.24) is 10.6 Å². The minimum Gasteiger partial charge on any atom is -0.496 e. The zero-order chi connectivity index (χ0) is 30.7. The van der Waals surface area contributed by atoms with Gasteiger partial charge in [0.05, 0.1) is 48.7 Å². The summed E-state index contributed by atoms with van der Waals surface area (Å²) in [5.74, 6) is -0.601. The van der Waals surface area contributed by atoms with E-state index in [9.17, 15) is 19.6 Å². The van der Waals surface area contributed by atoms with E-state index < -0.39 is 18.1 Å². The van der Waals surface area contributed by atoms with Crippen molar-refractivity contribution in [1.29, 1.82) is 5.26 Å². The lowest BCUT2D eigenvalue weighted by molar-refractivity contribution is -0.130. The van der Waals surface area contributed by atoms with Gasteiger partial charge in [0.15, 0.2) is 0 Å². The third kappa shape index (κ3) is 6.22. The number of hydrogen-bond acceptors (Lipinski definition) is 7. The van der Waals surface area contributed by atoms with E-state index in [0.29, 0.717) is 48.7 Å². The average molecular weight is 620 g/mol. The Kier molecular flexibility index (Phi) is 10.5. The Bertz CT molecular complexity index is 1580. The molecule has 0 radical (unpaired) electrons. The number of rotatable bonds is 7. The number of amides is 3. The monoisotopic (exact) mass is 619 g/mol. The molecule has 2 N–H and O–H groups in total. The predicted molar refractivity (Wildman–Crippen MR) is 171 cm³/mol. The number of carbonyl (C=O) groups excluding carboxylic acids is 3. The van der Waals surface area contributed by atoms with Crippen LogP contribution in [0.2, 0.25) is 0 Å². The molecule has 5 rings (SSSR count). The maximum Gasteiger partial charge on any atom is 0.252 e. The van der Waals surface area contributed by atoms with Gasteiger partial charge in [0.25, 0.3) is 5.91 Å². The fourth-order valence-electron chi connectivity index (χ4n) is 5.92. The molecule has 2 aliphatic rings. The molecular formula is C33H38ClN5O5. The van der Waals surface area contributed by atoms with Crippen LogP contribution in [0.1, 0.15) is 37.8 Å². The molecule has 0 aromatic heterocycles. The summed E-state index contributed by atoms with van der Waals surface area (Å²) >= 11 is 0. The zero-order valence-electron chi connectivity index (χ0n) is 25.3. The summed E-state index contributed by atoms with van der Waals surface area (Å²) in [4.78, 5) is 45.3. The number of benzene rings is 3. The number of nitrogens with zero attached hydrogens (tertiary/aromatic N) is 3. The number of fused-ring (bicyclic) bond motifs is 2. The van der Waals surface area contributed by atoms with E-state index in [-0.39, 0.29) is 42.6 Å². The van der Waals surface area contributed by atoms with Crippen molar-refractivity contribution in [2.75, 3.05) is 37.2 Å². The third-order valence-corrected chi connectivity index (χ3v) is 8.54. The van der Waals surface area contributed by atoms with Crippen LogP contribution in [0.3, 0.4) is 0 Å². The summed E-state index contributed by atoms with van der Waals surface area (Å²) in [6.45, 7) is 4.53. The first-order chi connectivity index (χ1) is 20.8.